The van der Waals surface area contributed by atoms with Crippen molar-refractivity contribution < 1.29 is 43.5 Å². The molecule has 1 aromatic heterocycles. The number of ether oxygens (including phenoxy) is 1. The van der Waals surface area contributed by atoms with Crippen molar-refractivity contribution in [3.8, 4) is 5.75 Å². The van der Waals surface area contributed by atoms with Crippen molar-refractivity contribution in [1.29, 1.82) is 0 Å². The fourth-order valence-electron chi connectivity index (χ4n) is 6.09. The maximum absolute atomic E-state index is 14.4. The second-order valence-electron chi connectivity index (χ2n) is 12.1. The molecule has 51 heavy (non-hydrogen) atoms. The van der Waals surface area contributed by atoms with Gasteiger partial charge in [-0.15, -0.1) is 0 Å². The summed E-state index contributed by atoms with van der Waals surface area (Å²) in [7, 11) is 0. The number of hydrogen-bond acceptors (Lipinski definition) is 9. The molecule has 0 aliphatic carbocycles. The highest BCUT2D eigenvalue weighted by Gasteiger charge is 2.34. The van der Waals surface area contributed by atoms with Gasteiger partial charge in [-0.25, -0.2) is 9.78 Å². The number of nitrogens with zero attached hydrogens (tertiary/aromatic N) is 2. The van der Waals surface area contributed by atoms with E-state index in [-0.39, 0.29) is 13.2 Å². The monoisotopic (exact) mass is 688 g/mol. The van der Waals surface area contributed by atoms with Crippen molar-refractivity contribution in [2.24, 2.45) is 0 Å². The summed E-state index contributed by atoms with van der Waals surface area (Å²) in [6.45, 7) is 5.42. The molecule has 0 unspecified atom stereocenters. The molecule has 0 bridgehead atoms. The average Bonchev–Trinajstić information content (AvgIpc) is 3.79. The minimum absolute atomic E-state index is 0.0207. The van der Waals surface area contributed by atoms with Crippen LogP contribution in [0.2, 0.25) is 0 Å². The quantitative estimate of drug-likeness (QED) is 0.0397. The summed E-state index contributed by atoms with van der Waals surface area (Å²) in [5.41, 5.74) is 3.13. The zero-order valence-corrected chi connectivity index (χ0v) is 27.9. The number of carboxylic acids is 1. The highest BCUT2D eigenvalue weighted by molar-refractivity contribution is 6.03. The number of oxazole rings is 1. The summed E-state index contributed by atoms with van der Waals surface area (Å²) in [6.07, 6.45) is 4.42. The number of aliphatic carboxylic acids is 1. The Balaban J connectivity index is 1.41. The van der Waals surface area contributed by atoms with Gasteiger partial charge in [-0.05, 0) is 65.6 Å². The first-order valence-electron chi connectivity index (χ1n) is 16.4. The molecule has 2 atom stereocenters. The largest absolute Gasteiger partial charge is 0.503 e. The first-order valence-corrected chi connectivity index (χ1v) is 16.4. The topological polar surface area (TPSA) is 149 Å². The van der Waals surface area contributed by atoms with E-state index < -0.39 is 47.6 Å². The lowest BCUT2D eigenvalue weighted by Gasteiger charge is -2.35. The predicted molar refractivity (Wildman–Crippen MR) is 189 cm³/mol. The van der Waals surface area contributed by atoms with Crippen molar-refractivity contribution in [3.05, 3.63) is 138 Å². The van der Waals surface area contributed by atoms with Gasteiger partial charge in [0.2, 0.25) is 5.89 Å². The van der Waals surface area contributed by atoms with Crippen molar-refractivity contribution in [3.63, 3.8) is 0 Å². The normalized spacial score (nSPS) is 14.1. The summed E-state index contributed by atoms with van der Waals surface area (Å²) in [6, 6.07) is 26.0. The van der Waals surface area contributed by atoms with Gasteiger partial charge in [-0.1, -0.05) is 79.4 Å². The third-order valence-corrected chi connectivity index (χ3v) is 8.74. The van der Waals surface area contributed by atoms with Gasteiger partial charge in [0, 0.05) is 24.1 Å². The number of amides is 1. The zero-order valence-electron chi connectivity index (χ0n) is 27.9. The number of rotatable bonds is 14. The SMILES string of the molecule is C=CCOC(=O)/C(CC(=O)O)=C(\O)C(=O)N(Cc1ccc2ccccc2c1)[C@H](C)[C@H](C/C=C/c1nc2ccccc2o1)c1ccc2c(c1)OOC2. The Bertz CT molecular complexity index is 2130. The molecule has 0 spiro atoms. The Morgan fingerprint density at radius 3 is 2.57 bits per heavy atom. The number of carbonyl (C=O) groups excluding carboxylic acids is 2. The predicted octanol–water partition coefficient (Wildman–Crippen LogP) is 7.43. The summed E-state index contributed by atoms with van der Waals surface area (Å²) >= 11 is 0. The highest BCUT2D eigenvalue weighted by Crippen LogP contribution is 2.36. The van der Waals surface area contributed by atoms with E-state index in [4.69, 9.17) is 18.9 Å². The van der Waals surface area contributed by atoms with E-state index in [1.807, 2.05) is 97.9 Å². The molecule has 11 nitrogen and oxygen atoms in total. The Morgan fingerprint density at radius 2 is 1.78 bits per heavy atom. The number of fused-ring (bicyclic) bond motifs is 3. The number of hydrogen-bond donors (Lipinski definition) is 2. The van der Waals surface area contributed by atoms with Crippen molar-refractivity contribution in [2.45, 2.75) is 44.9 Å². The molecular formula is C40H36N2O9. The number of aromatic nitrogens is 1. The van der Waals surface area contributed by atoms with E-state index in [0.717, 1.165) is 33.0 Å². The molecule has 0 saturated heterocycles. The average molecular weight is 689 g/mol. The van der Waals surface area contributed by atoms with Gasteiger partial charge in [-0.3, -0.25) is 9.59 Å². The van der Waals surface area contributed by atoms with Crippen LogP contribution < -0.4 is 4.89 Å². The molecule has 5 aromatic rings. The standard InChI is InChI=1S/C40H36N2O9/c1-3-19-48-40(47)32(22-37(43)44)38(45)39(46)42(23-26-15-16-27-9-4-5-10-28(27)20-26)25(2)31(29-17-18-30-24-49-51-35(30)21-29)11-8-14-36-41-33-12-6-7-13-34(33)50-36/h3-10,12-18,20-21,25,31,45H,1,11,19,22-24H2,2H3,(H,43,44)/b14-8+,38-32-/t25-,31+/m1/s1. The summed E-state index contributed by atoms with van der Waals surface area (Å²) in [4.78, 5) is 55.6. The third kappa shape index (κ3) is 8.00. The number of carbonyl (C=O) groups is 3. The maximum Gasteiger partial charge on any atom is 0.338 e. The molecule has 0 saturated carbocycles. The van der Waals surface area contributed by atoms with Gasteiger partial charge in [0.15, 0.2) is 17.1 Å². The van der Waals surface area contributed by atoms with Crippen LogP contribution in [0.15, 0.2) is 119 Å². The number of carboxylic acid groups (broad SMARTS) is 1. The van der Waals surface area contributed by atoms with Gasteiger partial charge in [0.1, 0.15) is 18.7 Å². The molecule has 4 aromatic carbocycles. The maximum atomic E-state index is 14.4. The smallest absolute Gasteiger partial charge is 0.338 e. The van der Waals surface area contributed by atoms with E-state index >= 15 is 0 Å². The van der Waals surface area contributed by atoms with Crippen LogP contribution in [0.3, 0.4) is 0 Å². The Morgan fingerprint density at radius 1 is 1.00 bits per heavy atom. The number of esters is 1. The fraction of sp³-hybridized carbons (Fsp3) is 0.200. The second kappa shape index (κ2) is 15.6. The van der Waals surface area contributed by atoms with Crippen LogP contribution in [0.25, 0.3) is 27.9 Å². The minimum atomic E-state index is -1.42. The summed E-state index contributed by atoms with van der Waals surface area (Å²) in [5.74, 6) is -3.94. The van der Waals surface area contributed by atoms with Crippen molar-refractivity contribution >= 4 is 45.8 Å². The third-order valence-electron chi connectivity index (χ3n) is 8.74. The molecule has 1 aliphatic rings. The first kappa shape index (κ1) is 34.7. The zero-order chi connectivity index (χ0) is 35.9. The van der Waals surface area contributed by atoms with E-state index in [2.05, 4.69) is 11.6 Å². The van der Waals surface area contributed by atoms with E-state index in [9.17, 15) is 24.6 Å². The van der Waals surface area contributed by atoms with Gasteiger partial charge in [0.05, 0.1) is 12.0 Å². The lowest BCUT2D eigenvalue weighted by molar-refractivity contribution is -0.194. The van der Waals surface area contributed by atoms with E-state index in [0.29, 0.717) is 30.3 Å². The van der Waals surface area contributed by atoms with E-state index in [1.165, 1.54) is 11.0 Å². The molecule has 6 rings (SSSR count). The molecule has 0 fully saturated rings. The number of aliphatic hydroxyl groups is 1. The second-order valence-corrected chi connectivity index (χ2v) is 12.1. The van der Waals surface area contributed by atoms with Crippen LogP contribution in [-0.2, 0) is 37.2 Å². The minimum Gasteiger partial charge on any atom is -0.503 e. The summed E-state index contributed by atoms with van der Waals surface area (Å²) < 4.78 is 10.9. The molecule has 0 radical (unpaired) electrons. The van der Waals surface area contributed by atoms with Crippen LogP contribution in [0.4, 0.5) is 0 Å². The first-order chi connectivity index (χ1) is 24.7. The molecule has 1 amide bonds. The lowest BCUT2D eigenvalue weighted by atomic mass is 9.87. The van der Waals surface area contributed by atoms with Crippen LogP contribution in [0.1, 0.15) is 48.3 Å². The molecule has 260 valence electrons. The van der Waals surface area contributed by atoms with Crippen LogP contribution in [-0.4, -0.2) is 50.6 Å². The van der Waals surface area contributed by atoms with Gasteiger partial charge in [-0.2, -0.15) is 4.89 Å². The van der Waals surface area contributed by atoms with Gasteiger partial charge >= 0.3 is 11.9 Å². The number of para-hydroxylation sites is 2. The number of allylic oxidation sites excluding steroid dienone is 1. The van der Waals surface area contributed by atoms with Crippen LogP contribution >= 0.6 is 0 Å². The molecule has 2 N–H and O–H groups in total. The number of aliphatic hydroxyl groups excluding tert-OH is 1. The molecule has 1 aliphatic heterocycles. The van der Waals surface area contributed by atoms with Crippen molar-refractivity contribution in [1.82, 2.24) is 9.88 Å². The lowest BCUT2D eigenvalue weighted by Crippen LogP contribution is -2.43. The van der Waals surface area contributed by atoms with Gasteiger partial charge < -0.3 is 29.2 Å². The fourth-order valence-corrected chi connectivity index (χ4v) is 6.09. The Hall–Kier alpha value is -6.20. The van der Waals surface area contributed by atoms with Crippen molar-refractivity contribution in [2.75, 3.05) is 6.61 Å². The van der Waals surface area contributed by atoms with Crippen LogP contribution in [0.5, 0.6) is 5.75 Å². The van der Waals surface area contributed by atoms with E-state index in [1.54, 1.807) is 6.08 Å². The van der Waals surface area contributed by atoms with Gasteiger partial charge in [0.25, 0.3) is 5.91 Å². The summed E-state index contributed by atoms with van der Waals surface area (Å²) in [5, 5.41) is 22.9. The molecule has 11 heteroatoms. The van der Waals surface area contributed by atoms with Crippen LogP contribution in [0, 0.1) is 0 Å². The highest BCUT2D eigenvalue weighted by atomic mass is 17.2. The molecule has 2 heterocycles. The Labute approximate surface area is 293 Å². The molecular weight excluding hydrogens is 652 g/mol. The Kier molecular flexibility index (Phi) is 10.6. The number of benzene rings is 4.